The first kappa shape index (κ1) is 32.8. The summed E-state index contributed by atoms with van der Waals surface area (Å²) in [6.07, 6.45) is -2.66. The van der Waals surface area contributed by atoms with E-state index in [0.717, 1.165) is 39.9 Å². The van der Waals surface area contributed by atoms with Crippen LogP contribution in [0.3, 0.4) is 0 Å². The lowest BCUT2D eigenvalue weighted by molar-refractivity contribution is -0.137. The summed E-state index contributed by atoms with van der Waals surface area (Å²) < 4.78 is 38.8. The summed E-state index contributed by atoms with van der Waals surface area (Å²) in [5.41, 5.74) is 4.32. The van der Waals surface area contributed by atoms with Crippen LogP contribution in [-0.4, -0.2) is 53.1 Å². The Morgan fingerprint density at radius 3 is 2.24 bits per heavy atom. The summed E-state index contributed by atoms with van der Waals surface area (Å²) in [7, 11) is 0. The Labute approximate surface area is 266 Å². The Hall–Kier alpha value is -4.54. The number of hydrogen-bond acceptors (Lipinski definition) is 4. The molecule has 0 saturated carbocycles. The molecule has 0 aliphatic carbocycles. The van der Waals surface area contributed by atoms with Gasteiger partial charge in [0, 0.05) is 49.9 Å². The van der Waals surface area contributed by atoms with Crippen molar-refractivity contribution in [1.82, 2.24) is 15.5 Å². The first-order valence-corrected chi connectivity index (χ1v) is 15.4. The second kappa shape index (κ2) is 13.1. The van der Waals surface area contributed by atoms with Gasteiger partial charge in [-0.05, 0) is 104 Å². The summed E-state index contributed by atoms with van der Waals surface area (Å²) in [5.74, 6) is -1.32. The van der Waals surface area contributed by atoms with E-state index in [1.54, 1.807) is 23.1 Å². The molecule has 3 aromatic rings. The van der Waals surface area contributed by atoms with Gasteiger partial charge in [-0.25, -0.2) is 9.59 Å². The molecule has 11 heteroatoms. The standard InChI is InChI=1S/C35H39F3N4O4/c1-34(2,3)40-33(46)42-18-15-29-28(23-5-4-6-24(19-23)32(44)45)12-7-25(30(29)21-42)20-39-31(43)22-13-16-41(17-14-22)27-10-8-26(9-11-27)35(36,37)38/h4-12,19,22H,13-18,20-21H2,1-3H3,(H,39,43)(H,40,46)(H,44,45). The Morgan fingerprint density at radius 2 is 1.61 bits per heavy atom. The predicted molar refractivity (Wildman–Crippen MR) is 169 cm³/mol. The molecule has 0 radical (unpaired) electrons. The molecule has 8 nitrogen and oxygen atoms in total. The lowest BCUT2D eigenvalue weighted by atomic mass is 9.87. The van der Waals surface area contributed by atoms with Crippen LogP contribution >= 0.6 is 0 Å². The quantitative estimate of drug-likeness (QED) is 0.288. The van der Waals surface area contributed by atoms with Gasteiger partial charge in [0.05, 0.1) is 11.1 Å². The molecule has 3 amide bonds. The van der Waals surface area contributed by atoms with Crippen LogP contribution in [0.4, 0.5) is 23.7 Å². The Morgan fingerprint density at radius 1 is 0.913 bits per heavy atom. The van der Waals surface area contributed by atoms with Gasteiger partial charge in [0.25, 0.3) is 0 Å². The second-order valence-electron chi connectivity index (χ2n) is 13.0. The van der Waals surface area contributed by atoms with E-state index in [-0.39, 0.29) is 30.0 Å². The third kappa shape index (κ3) is 7.63. The number of urea groups is 1. The Balaban J connectivity index is 1.30. The van der Waals surface area contributed by atoms with E-state index in [9.17, 15) is 32.7 Å². The Bertz CT molecular complexity index is 1610. The van der Waals surface area contributed by atoms with E-state index in [1.165, 1.54) is 12.1 Å². The molecule has 0 aromatic heterocycles. The summed E-state index contributed by atoms with van der Waals surface area (Å²) in [6.45, 7) is 7.99. The van der Waals surface area contributed by atoms with Gasteiger partial charge in [-0.1, -0.05) is 24.3 Å². The molecule has 1 fully saturated rings. The molecule has 46 heavy (non-hydrogen) atoms. The van der Waals surface area contributed by atoms with Gasteiger partial charge in [0.1, 0.15) is 0 Å². The van der Waals surface area contributed by atoms with Crippen molar-refractivity contribution in [1.29, 1.82) is 0 Å². The molecule has 2 aliphatic heterocycles. The third-order valence-electron chi connectivity index (χ3n) is 8.58. The van der Waals surface area contributed by atoms with E-state index < -0.39 is 23.2 Å². The molecule has 244 valence electrons. The zero-order chi connectivity index (χ0) is 33.2. The molecule has 3 N–H and O–H groups in total. The second-order valence-corrected chi connectivity index (χ2v) is 13.0. The molecule has 0 bridgehead atoms. The SMILES string of the molecule is CC(C)(C)NC(=O)N1CCc2c(-c3cccc(C(=O)O)c3)ccc(CNC(=O)C3CCN(c4ccc(C(F)(F)F)cc4)CC3)c2C1. The van der Waals surface area contributed by atoms with Gasteiger partial charge in [-0.2, -0.15) is 13.2 Å². The number of nitrogens with zero attached hydrogens (tertiary/aromatic N) is 2. The van der Waals surface area contributed by atoms with Crippen molar-refractivity contribution in [3.05, 3.63) is 88.5 Å². The number of rotatable bonds is 6. The van der Waals surface area contributed by atoms with Crippen LogP contribution in [0.2, 0.25) is 0 Å². The lowest BCUT2D eigenvalue weighted by Crippen LogP contribution is -2.50. The first-order valence-electron chi connectivity index (χ1n) is 15.4. The van der Waals surface area contributed by atoms with Crippen LogP contribution in [0.1, 0.15) is 66.2 Å². The maximum atomic E-state index is 13.3. The molecule has 5 rings (SSSR count). The van der Waals surface area contributed by atoms with E-state index in [0.29, 0.717) is 51.1 Å². The number of carboxylic acid groups (broad SMARTS) is 1. The minimum atomic E-state index is -4.38. The molecular formula is C35H39F3N4O4. The zero-order valence-electron chi connectivity index (χ0n) is 26.2. The maximum Gasteiger partial charge on any atom is 0.416 e. The number of nitrogens with one attached hydrogen (secondary N) is 2. The van der Waals surface area contributed by atoms with Crippen LogP contribution < -0.4 is 15.5 Å². The number of piperidine rings is 1. The van der Waals surface area contributed by atoms with Crippen molar-refractivity contribution in [2.24, 2.45) is 5.92 Å². The highest BCUT2D eigenvalue weighted by molar-refractivity contribution is 5.90. The minimum absolute atomic E-state index is 0.0859. The first-order chi connectivity index (χ1) is 21.7. The number of carboxylic acids is 1. The van der Waals surface area contributed by atoms with Crippen molar-refractivity contribution in [2.75, 3.05) is 24.5 Å². The zero-order valence-corrected chi connectivity index (χ0v) is 26.2. The maximum absolute atomic E-state index is 13.3. The fourth-order valence-electron chi connectivity index (χ4n) is 6.16. The molecule has 2 heterocycles. The van der Waals surface area contributed by atoms with Gasteiger partial charge >= 0.3 is 18.2 Å². The van der Waals surface area contributed by atoms with Crippen LogP contribution in [0.15, 0.2) is 60.7 Å². The molecule has 0 atom stereocenters. The molecular weight excluding hydrogens is 597 g/mol. The number of halogens is 3. The van der Waals surface area contributed by atoms with Gasteiger partial charge in [0.2, 0.25) is 5.91 Å². The number of amides is 3. The van der Waals surface area contributed by atoms with Gasteiger partial charge in [-0.3, -0.25) is 4.79 Å². The fraction of sp³-hybridized carbons (Fsp3) is 0.400. The van der Waals surface area contributed by atoms with Crippen molar-refractivity contribution in [2.45, 2.75) is 64.8 Å². The van der Waals surface area contributed by atoms with Gasteiger partial charge in [-0.15, -0.1) is 0 Å². The highest BCUT2D eigenvalue weighted by Gasteiger charge is 2.31. The lowest BCUT2D eigenvalue weighted by Gasteiger charge is -2.34. The summed E-state index contributed by atoms with van der Waals surface area (Å²) >= 11 is 0. The number of aromatic carboxylic acids is 1. The number of benzene rings is 3. The molecule has 3 aromatic carbocycles. The third-order valence-corrected chi connectivity index (χ3v) is 8.58. The normalized spacial score (nSPS) is 15.7. The highest BCUT2D eigenvalue weighted by Crippen LogP contribution is 2.34. The number of carbonyl (C=O) groups is 3. The van der Waals surface area contributed by atoms with Crippen LogP contribution in [0.5, 0.6) is 0 Å². The van der Waals surface area contributed by atoms with E-state index >= 15 is 0 Å². The van der Waals surface area contributed by atoms with Crippen molar-refractivity contribution >= 4 is 23.6 Å². The molecule has 0 spiro atoms. The molecule has 0 unspecified atom stereocenters. The summed E-state index contributed by atoms with van der Waals surface area (Å²) in [6, 6.07) is 15.6. The molecule has 1 saturated heterocycles. The van der Waals surface area contributed by atoms with E-state index in [4.69, 9.17) is 0 Å². The number of fused-ring (bicyclic) bond motifs is 1. The number of carbonyl (C=O) groups excluding carboxylic acids is 2. The largest absolute Gasteiger partial charge is 0.478 e. The number of anilines is 1. The van der Waals surface area contributed by atoms with Crippen molar-refractivity contribution in [3.63, 3.8) is 0 Å². The van der Waals surface area contributed by atoms with Gasteiger partial charge < -0.3 is 25.5 Å². The topological polar surface area (TPSA) is 102 Å². The number of hydrogen-bond donors (Lipinski definition) is 3. The Kier molecular flexibility index (Phi) is 9.32. The highest BCUT2D eigenvalue weighted by atomic mass is 19.4. The van der Waals surface area contributed by atoms with E-state index in [2.05, 4.69) is 10.6 Å². The average Bonchev–Trinajstić information content (AvgIpc) is 3.02. The smallest absolute Gasteiger partial charge is 0.416 e. The van der Waals surface area contributed by atoms with Gasteiger partial charge in [0.15, 0.2) is 0 Å². The minimum Gasteiger partial charge on any atom is -0.478 e. The van der Waals surface area contributed by atoms with Crippen molar-refractivity contribution in [3.8, 4) is 11.1 Å². The molecule has 2 aliphatic rings. The van der Waals surface area contributed by atoms with Crippen LogP contribution in [0, 0.1) is 5.92 Å². The predicted octanol–water partition coefficient (Wildman–Crippen LogP) is 6.47. The average molecular weight is 637 g/mol. The van der Waals surface area contributed by atoms with E-state index in [1.807, 2.05) is 43.9 Å². The summed E-state index contributed by atoms with van der Waals surface area (Å²) in [5, 5.41) is 15.6. The van der Waals surface area contributed by atoms with Crippen LogP contribution in [0.25, 0.3) is 11.1 Å². The number of alkyl halides is 3. The van der Waals surface area contributed by atoms with Crippen LogP contribution in [-0.2, 0) is 30.5 Å². The monoisotopic (exact) mass is 636 g/mol. The fourth-order valence-corrected chi connectivity index (χ4v) is 6.16. The summed E-state index contributed by atoms with van der Waals surface area (Å²) in [4.78, 5) is 41.8. The van der Waals surface area contributed by atoms with Crippen molar-refractivity contribution < 1.29 is 32.7 Å².